The molecular weight excluding hydrogens is 276 g/mol. The van der Waals surface area contributed by atoms with Crippen LogP contribution in [0.25, 0.3) is 0 Å². The van der Waals surface area contributed by atoms with Crippen molar-refractivity contribution in [2.75, 3.05) is 7.05 Å². The fraction of sp³-hybridized carbons (Fsp3) is 0.500. The first kappa shape index (κ1) is 14.7. The number of nitrogens with one attached hydrogen (secondary N) is 1. The van der Waals surface area contributed by atoms with Crippen LogP contribution in [-0.2, 0) is 19.4 Å². The monoisotopic (exact) mass is 300 g/mol. The lowest BCUT2D eigenvalue weighted by molar-refractivity contribution is 0.627. The molecule has 1 aliphatic rings. The molecule has 0 amide bonds. The third kappa shape index (κ3) is 3.04. The molecule has 0 fully saturated rings. The third-order valence-corrected chi connectivity index (χ3v) is 5.38. The lowest BCUT2D eigenvalue weighted by atomic mass is 10.0. The Morgan fingerprint density at radius 3 is 2.90 bits per heavy atom. The highest BCUT2D eigenvalue weighted by Crippen LogP contribution is 2.40. The summed E-state index contributed by atoms with van der Waals surface area (Å²) in [4.78, 5) is 6.45. The van der Waals surface area contributed by atoms with Crippen LogP contribution in [0.4, 0.5) is 0 Å². The molecule has 0 bridgehead atoms. The van der Waals surface area contributed by atoms with E-state index in [0.717, 1.165) is 13.0 Å². The number of thiazole rings is 1. The van der Waals surface area contributed by atoms with Crippen molar-refractivity contribution in [1.29, 1.82) is 0 Å². The minimum atomic E-state index is 0.516. The van der Waals surface area contributed by atoms with Gasteiger partial charge in [-0.3, -0.25) is 0 Å². The molecule has 1 aromatic heterocycles. The smallest absolute Gasteiger partial charge is 0.101 e. The molecule has 1 aromatic carbocycles. The number of hydrogen-bond acceptors (Lipinski definition) is 3. The Morgan fingerprint density at radius 2 is 2.14 bits per heavy atom. The average molecular weight is 300 g/mol. The van der Waals surface area contributed by atoms with Crippen molar-refractivity contribution in [2.45, 2.75) is 45.6 Å². The van der Waals surface area contributed by atoms with Crippen LogP contribution in [0.3, 0.4) is 0 Å². The van der Waals surface area contributed by atoms with Gasteiger partial charge in [-0.15, -0.1) is 11.3 Å². The van der Waals surface area contributed by atoms with Crippen molar-refractivity contribution >= 4 is 11.3 Å². The van der Waals surface area contributed by atoms with Gasteiger partial charge in [0, 0.05) is 17.3 Å². The summed E-state index contributed by atoms with van der Waals surface area (Å²) in [6.07, 6.45) is 3.50. The first-order valence-electron chi connectivity index (χ1n) is 7.90. The van der Waals surface area contributed by atoms with Crippen LogP contribution >= 0.6 is 11.3 Å². The summed E-state index contributed by atoms with van der Waals surface area (Å²) in [6.45, 7) is 5.48. The third-order valence-electron chi connectivity index (χ3n) is 4.16. The largest absolute Gasteiger partial charge is 0.315 e. The highest BCUT2D eigenvalue weighted by molar-refractivity contribution is 7.11. The Hall–Kier alpha value is -1.19. The number of rotatable bonds is 5. The van der Waals surface area contributed by atoms with Gasteiger partial charge in [0.2, 0.25) is 0 Å². The first-order chi connectivity index (χ1) is 10.2. The highest BCUT2D eigenvalue weighted by atomic mass is 32.1. The number of fused-ring (bicyclic) bond motifs is 1. The topological polar surface area (TPSA) is 24.9 Å². The second kappa shape index (κ2) is 6.29. The molecule has 2 nitrogen and oxygen atoms in total. The van der Waals surface area contributed by atoms with Gasteiger partial charge >= 0.3 is 0 Å². The van der Waals surface area contributed by atoms with Gasteiger partial charge in [-0.2, -0.15) is 0 Å². The summed E-state index contributed by atoms with van der Waals surface area (Å²) in [6, 6.07) is 8.87. The van der Waals surface area contributed by atoms with Gasteiger partial charge in [0.05, 0.1) is 5.69 Å². The van der Waals surface area contributed by atoms with Crippen LogP contribution in [0.2, 0.25) is 0 Å². The van der Waals surface area contributed by atoms with Gasteiger partial charge in [-0.1, -0.05) is 38.1 Å². The van der Waals surface area contributed by atoms with Crippen LogP contribution < -0.4 is 5.32 Å². The maximum atomic E-state index is 5.03. The lowest BCUT2D eigenvalue weighted by Crippen LogP contribution is -2.07. The minimum Gasteiger partial charge on any atom is -0.315 e. The minimum absolute atomic E-state index is 0.516. The van der Waals surface area contributed by atoms with Crippen molar-refractivity contribution < 1.29 is 0 Å². The van der Waals surface area contributed by atoms with Crippen LogP contribution in [0, 0.1) is 5.92 Å². The molecule has 0 saturated heterocycles. The summed E-state index contributed by atoms with van der Waals surface area (Å²) >= 11 is 1.91. The van der Waals surface area contributed by atoms with E-state index in [1.165, 1.54) is 39.5 Å². The molecule has 0 radical (unpaired) electrons. The Balaban J connectivity index is 1.93. The van der Waals surface area contributed by atoms with Gasteiger partial charge < -0.3 is 5.32 Å². The summed E-state index contributed by atoms with van der Waals surface area (Å²) in [5, 5.41) is 4.61. The molecule has 3 rings (SSSR count). The van der Waals surface area contributed by atoms with E-state index in [4.69, 9.17) is 4.98 Å². The van der Waals surface area contributed by atoms with E-state index in [2.05, 4.69) is 43.4 Å². The van der Waals surface area contributed by atoms with E-state index in [0.29, 0.717) is 11.8 Å². The fourth-order valence-electron chi connectivity index (χ4n) is 3.21. The SMILES string of the molecule is CNCc1sc(C2CCc3ccccc32)nc1CC(C)C. The van der Waals surface area contributed by atoms with Crippen molar-refractivity contribution in [3.8, 4) is 0 Å². The standard InChI is InChI=1S/C18H24N2S/c1-12(2)10-16-17(11-19-3)21-18(20-16)15-9-8-13-6-4-5-7-14(13)15/h4-7,12,15,19H,8-11H2,1-3H3. The normalized spacial score (nSPS) is 17.4. The predicted molar refractivity (Wildman–Crippen MR) is 90.0 cm³/mol. The van der Waals surface area contributed by atoms with Gasteiger partial charge in [0.15, 0.2) is 0 Å². The molecular formula is C18H24N2S. The van der Waals surface area contributed by atoms with Crippen molar-refractivity contribution in [2.24, 2.45) is 5.92 Å². The fourth-order valence-corrected chi connectivity index (χ4v) is 4.47. The van der Waals surface area contributed by atoms with E-state index in [1.54, 1.807) is 0 Å². The van der Waals surface area contributed by atoms with E-state index in [1.807, 2.05) is 18.4 Å². The number of aryl methyl sites for hydroxylation is 1. The number of nitrogens with zero attached hydrogens (tertiary/aromatic N) is 1. The van der Waals surface area contributed by atoms with Crippen LogP contribution in [-0.4, -0.2) is 12.0 Å². The van der Waals surface area contributed by atoms with E-state index in [9.17, 15) is 0 Å². The second-order valence-corrected chi connectivity index (χ2v) is 7.46. The number of benzene rings is 1. The summed E-state index contributed by atoms with van der Waals surface area (Å²) in [7, 11) is 2.02. The molecule has 1 heterocycles. The van der Waals surface area contributed by atoms with Gasteiger partial charge in [-0.25, -0.2) is 4.98 Å². The Morgan fingerprint density at radius 1 is 1.33 bits per heavy atom. The Labute approximate surface area is 131 Å². The first-order valence-corrected chi connectivity index (χ1v) is 8.71. The van der Waals surface area contributed by atoms with Crippen molar-refractivity contribution in [3.63, 3.8) is 0 Å². The zero-order valence-electron chi connectivity index (χ0n) is 13.1. The second-order valence-electron chi connectivity index (χ2n) is 6.34. The highest BCUT2D eigenvalue weighted by Gasteiger charge is 2.27. The maximum Gasteiger partial charge on any atom is 0.101 e. The molecule has 1 aliphatic carbocycles. The number of hydrogen-bond donors (Lipinski definition) is 1. The summed E-state index contributed by atoms with van der Waals surface area (Å²) in [5.74, 6) is 1.18. The van der Waals surface area contributed by atoms with Gasteiger partial charge in [0.1, 0.15) is 5.01 Å². The zero-order chi connectivity index (χ0) is 14.8. The molecule has 21 heavy (non-hydrogen) atoms. The Bertz CT molecular complexity index is 615. The summed E-state index contributed by atoms with van der Waals surface area (Å²) in [5.41, 5.74) is 4.32. The quantitative estimate of drug-likeness (QED) is 0.897. The van der Waals surface area contributed by atoms with E-state index >= 15 is 0 Å². The molecule has 1 unspecified atom stereocenters. The maximum absolute atomic E-state index is 5.03. The lowest BCUT2D eigenvalue weighted by Gasteiger charge is -2.07. The van der Waals surface area contributed by atoms with E-state index < -0.39 is 0 Å². The van der Waals surface area contributed by atoms with Crippen molar-refractivity contribution in [3.05, 3.63) is 51.0 Å². The predicted octanol–water partition coefficient (Wildman–Crippen LogP) is 4.14. The van der Waals surface area contributed by atoms with Gasteiger partial charge in [-0.05, 0) is 43.4 Å². The number of aromatic nitrogens is 1. The Kier molecular flexibility index (Phi) is 4.41. The molecule has 2 aromatic rings. The van der Waals surface area contributed by atoms with Crippen LogP contribution in [0.5, 0.6) is 0 Å². The molecule has 3 heteroatoms. The van der Waals surface area contributed by atoms with Crippen LogP contribution in [0.15, 0.2) is 24.3 Å². The van der Waals surface area contributed by atoms with Crippen LogP contribution in [0.1, 0.15) is 52.9 Å². The molecule has 1 N–H and O–H groups in total. The summed E-state index contributed by atoms with van der Waals surface area (Å²) < 4.78 is 0. The average Bonchev–Trinajstić information content (AvgIpc) is 3.03. The molecule has 112 valence electrons. The molecule has 1 atom stereocenters. The molecule has 0 saturated carbocycles. The van der Waals surface area contributed by atoms with Gasteiger partial charge in [0.25, 0.3) is 0 Å². The molecule has 0 spiro atoms. The van der Waals surface area contributed by atoms with E-state index in [-0.39, 0.29) is 0 Å². The van der Waals surface area contributed by atoms with Crippen molar-refractivity contribution in [1.82, 2.24) is 10.3 Å². The zero-order valence-corrected chi connectivity index (χ0v) is 14.0. The molecule has 0 aliphatic heterocycles.